The lowest BCUT2D eigenvalue weighted by Gasteiger charge is -2.22. The van der Waals surface area contributed by atoms with E-state index in [9.17, 15) is 4.79 Å². The van der Waals surface area contributed by atoms with Crippen molar-refractivity contribution in [3.05, 3.63) is 0 Å². The number of Topliss-reactive ketones (excluding diaryl/α,β-unsaturated/α-hetero) is 1. The highest BCUT2D eigenvalue weighted by Gasteiger charge is 2.33. The van der Waals surface area contributed by atoms with Crippen molar-refractivity contribution in [3.63, 3.8) is 0 Å². The molecule has 1 nitrogen and oxygen atoms in total. The minimum Gasteiger partial charge on any atom is -0.300 e. The standard InChI is InChI=1S/C14H26O/c1-4-5-6-7-8-12-9-13(15)10-14(12)11(2)3/h11-12,14H,4-10H2,1-3H3/t12-,14-/m1/s1. The monoisotopic (exact) mass is 210 g/mol. The summed E-state index contributed by atoms with van der Waals surface area (Å²) in [6, 6.07) is 0. The van der Waals surface area contributed by atoms with E-state index >= 15 is 0 Å². The molecule has 1 fully saturated rings. The number of ketones is 1. The maximum atomic E-state index is 11.5. The Labute approximate surface area is 94.6 Å². The summed E-state index contributed by atoms with van der Waals surface area (Å²) in [7, 11) is 0. The minimum atomic E-state index is 0.509. The first-order valence-electron chi connectivity index (χ1n) is 6.66. The first-order valence-corrected chi connectivity index (χ1v) is 6.66. The lowest BCUT2D eigenvalue weighted by molar-refractivity contribution is -0.117. The molecule has 1 rings (SSSR count). The Morgan fingerprint density at radius 1 is 1.20 bits per heavy atom. The Balaban J connectivity index is 2.29. The van der Waals surface area contributed by atoms with E-state index in [0.717, 1.165) is 12.8 Å². The predicted octanol–water partition coefficient (Wildman–Crippen LogP) is 4.21. The molecule has 0 amide bonds. The summed E-state index contributed by atoms with van der Waals surface area (Å²) in [4.78, 5) is 11.5. The number of carbonyl (C=O) groups excluding carboxylic acids is 1. The van der Waals surface area contributed by atoms with Gasteiger partial charge >= 0.3 is 0 Å². The fourth-order valence-electron chi connectivity index (χ4n) is 2.89. The predicted molar refractivity (Wildman–Crippen MR) is 64.8 cm³/mol. The van der Waals surface area contributed by atoms with Gasteiger partial charge in [-0.15, -0.1) is 0 Å². The van der Waals surface area contributed by atoms with Gasteiger partial charge in [-0.3, -0.25) is 4.79 Å². The molecule has 1 aliphatic rings. The smallest absolute Gasteiger partial charge is 0.133 e. The van der Waals surface area contributed by atoms with Crippen molar-refractivity contribution in [1.29, 1.82) is 0 Å². The molecule has 0 bridgehead atoms. The molecule has 0 aromatic heterocycles. The molecule has 1 aliphatic carbocycles. The molecule has 0 radical (unpaired) electrons. The maximum absolute atomic E-state index is 11.5. The van der Waals surface area contributed by atoms with Crippen LogP contribution < -0.4 is 0 Å². The molecule has 15 heavy (non-hydrogen) atoms. The Kier molecular flexibility index (Phi) is 5.35. The van der Waals surface area contributed by atoms with Gasteiger partial charge in [0.1, 0.15) is 5.78 Å². The fraction of sp³-hybridized carbons (Fsp3) is 0.929. The fourth-order valence-corrected chi connectivity index (χ4v) is 2.89. The average molecular weight is 210 g/mol. The van der Waals surface area contributed by atoms with Gasteiger partial charge in [-0.25, -0.2) is 0 Å². The Morgan fingerprint density at radius 2 is 1.93 bits per heavy atom. The van der Waals surface area contributed by atoms with Gasteiger partial charge in [-0.2, -0.15) is 0 Å². The van der Waals surface area contributed by atoms with Crippen LogP contribution in [0.3, 0.4) is 0 Å². The zero-order valence-corrected chi connectivity index (χ0v) is 10.6. The molecular formula is C14H26O. The zero-order valence-electron chi connectivity index (χ0n) is 10.6. The van der Waals surface area contributed by atoms with Crippen LogP contribution in [0.1, 0.15) is 65.7 Å². The summed E-state index contributed by atoms with van der Waals surface area (Å²) in [6.45, 7) is 6.78. The first kappa shape index (κ1) is 12.7. The average Bonchev–Trinajstić information content (AvgIpc) is 2.55. The summed E-state index contributed by atoms with van der Waals surface area (Å²) in [5.41, 5.74) is 0. The quantitative estimate of drug-likeness (QED) is 0.600. The van der Waals surface area contributed by atoms with Crippen molar-refractivity contribution in [2.75, 3.05) is 0 Å². The van der Waals surface area contributed by atoms with Crippen LogP contribution >= 0.6 is 0 Å². The topological polar surface area (TPSA) is 17.1 Å². The van der Waals surface area contributed by atoms with Crippen LogP contribution in [0.5, 0.6) is 0 Å². The van der Waals surface area contributed by atoms with Crippen molar-refractivity contribution < 1.29 is 4.79 Å². The maximum Gasteiger partial charge on any atom is 0.133 e. The molecule has 0 unspecified atom stereocenters. The van der Waals surface area contributed by atoms with E-state index in [-0.39, 0.29) is 0 Å². The summed E-state index contributed by atoms with van der Waals surface area (Å²) >= 11 is 0. The van der Waals surface area contributed by atoms with Crippen molar-refractivity contribution in [2.45, 2.75) is 65.7 Å². The minimum absolute atomic E-state index is 0.509. The number of hydrogen-bond acceptors (Lipinski definition) is 1. The number of carbonyl (C=O) groups is 1. The van der Waals surface area contributed by atoms with Crippen LogP contribution in [0, 0.1) is 17.8 Å². The first-order chi connectivity index (χ1) is 7.15. The molecule has 0 heterocycles. The van der Waals surface area contributed by atoms with Crippen LogP contribution in [0.2, 0.25) is 0 Å². The van der Waals surface area contributed by atoms with Crippen molar-refractivity contribution in [1.82, 2.24) is 0 Å². The Bertz CT molecular complexity index is 196. The second-order valence-corrected chi connectivity index (χ2v) is 5.46. The molecule has 0 aromatic carbocycles. The molecule has 0 spiro atoms. The van der Waals surface area contributed by atoms with E-state index in [0.29, 0.717) is 23.5 Å². The normalized spacial score (nSPS) is 26.5. The van der Waals surface area contributed by atoms with Gasteiger partial charge in [0.25, 0.3) is 0 Å². The van der Waals surface area contributed by atoms with Crippen LogP contribution in [-0.4, -0.2) is 5.78 Å². The third-order valence-corrected chi connectivity index (χ3v) is 3.84. The highest BCUT2D eigenvalue weighted by Crippen LogP contribution is 2.37. The number of hydrogen-bond donors (Lipinski definition) is 0. The molecule has 1 heteroatoms. The van der Waals surface area contributed by atoms with Crippen LogP contribution in [0.4, 0.5) is 0 Å². The summed E-state index contributed by atoms with van der Waals surface area (Å²) in [5, 5.41) is 0. The highest BCUT2D eigenvalue weighted by atomic mass is 16.1. The van der Waals surface area contributed by atoms with E-state index < -0.39 is 0 Å². The van der Waals surface area contributed by atoms with Gasteiger partial charge < -0.3 is 0 Å². The lowest BCUT2D eigenvalue weighted by Crippen LogP contribution is -2.14. The molecule has 0 N–H and O–H groups in total. The molecule has 0 saturated heterocycles. The Morgan fingerprint density at radius 3 is 2.53 bits per heavy atom. The van der Waals surface area contributed by atoms with E-state index in [1.807, 2.05) is 0 Å². The van der Waals surface area contributed by atoms with Gasteiger partial charge in [-0.05, 0) is 24.2 Å². The summed E-state index contributed by atoms with van der Waals surface area (Å²) in [6.07, 6.45) is 8.35. The van der Waals surface area contributed by atoms with Gasteiger partial charge in [0, 0.05) is 12.8 Å². The number of unbranched alkanes of at least 4 members (excludes halogenated alkanes) is 3. The van der Waals surface area contributed by atoms with Crippen LogP contribution in [0.25, 0.3) is 0 Å². The summed E-state index contributed by atoms with van der Waals surface area (Å²) < 4.78 is 0. The third kappa shape index (κ3) is 3.96. The second kappa shape index (κ2) is 6.30. The number of rotatable bonds is 6. The van der Waals surface area contributed by atoms with Gasteiger partial charge in [0.15, 0.2) is 0 Å². The largest absolute Gasteiger partial charge is 0.300 e. The van der Waals surface area contributed by atoms with E-state index in [2.05, 4.69) is 20.8 Å². The SMILES string of the molecule is CCCCCC[C@@H]1CC(=O)C[C@@H]1C(C)C. The molecular weight excluding hydrogens is 184 g/mol. The van der Waals surface area contributed by atoms with Gasteiger partial charge in [0.05, 0.1) is 0 Å². The van der Waals surface area contributed by atoms with Crippen molar-refractivity contribution >= 4 is 5.78 Å². The zero-order chi connectivity index (χ0) is 11.3. The highest BCUT2D eigenvalue weighted by molar-refractivity contribution is 5.81. The second-order valence-electron chi connectivity index (χ2n) is 5.46. The molecule has 1 saturated carbocycles. The molecule has 88 valence electrons. The van der Waals surface area contributed by atoms with Crippen molar-refractivity contribution in [2.24, 2.45) is 17.8 Å². The molecule has 0 aliphatic heterocycles. The lowest BCUT2D eigenvalue weighted by atomic mass is 9.83. The van der Waals surface area contributed by atoms with E-state index in [1.54, 1.807) is 0 Å². The molecule has 0 aromatic rings. The van der Waals surface area contributed by atoms with E-state index in [4.69, 9.17) is 0 Å². The molecule has 2 atom stereocenters. The van der Waals surface area contributed by atoms with Gasteiger partial charge in [0.2, 0.25) is 0 Å². The van der Waals surface area contributed by atoms with Crippen LogP contribution in [-0.2, 0) is 4.79 Å². The Hall–Kier alpha value is -0.330. The third-order valence-electron chi connectivity index (χ3n) is 3.84. The van der Waals surface area contributed by atoms with Crippen molar-refractivity contribution in [3.8, 4) is 0 Å². The summed E-state index contributed by atoms with van der Waals surface area (Å²) in [5.74, 6) is 2.58. The van der Waals surface area contributed by atoms with Gasteiger partial charge in [-0.1, -0.05) is 46.5 Å². The van der Waals surface area contributed by atoms with E-state index in [1.165, 1.54) is 32.1 Å². The van der Waals surface area contributed by atoms with Crippen LogP contribution in [0.15, 0.2) is 0 Å².